The van der Waals surface area contributed by atoms with E-state index >= 15 is 0 Å². The minimum atomic E-state index is -0.0758. The zero-order chi connectivity index (χ0) is 13.4. The maximum Gasteiger partial charge on any atom is 0.310 e. The molecule has 1 unspecified atom stereocenters. The Morgan fingerprint density at radius 2 is 2.28 bits per heavy atom. The number of guanidine groups is 1. The molecule has 0 aromatic rings. The number of aliphatic imine (C=N–C) groups is 1. The first kappa shape index (κ1) is 14.8. The number of ether oxygens (including phenoxy) is 1. The van der Waals surface area contributed by atoms with Gasteiger partial charge < -0.3 is 15.0 Å². The fraction of sp³-hybridized carbons (Fsp3) is 0.846. The van der Waals surface area contributed by atoms with Crippen LogP contribution in [0.5, 0.6) is 0 Å². The Labute approximate surface area is 110 Å². The van der Waals surface area contributed by atoms with Crippen LogP contribution in [0.4, 0.5) is 0 Å². The Bertz CT molecular complexity index is 292. The van der Waals surface area contributed by atoms with E-state index in [-0.39, 0.29) is 11.9 Å². The normalized spacial score (nSPS) is 20.7. The van der Waals surface area contributed by atoms with Gasteiger partial charge in [0.05, 0.1) is 12.5 Å². The Balaban J connectivity index is 2.54. The van der Waals surface area contributed by atoms with Crippen LogP contribution in [0.15, 0.2) is 4.99 Å². The van der Waals surface area contributed by atoms with Gasteiger partial charge in [-0.15, -0.1) is 0 Å². The zero-order valence-electron chi connectivity index (χ0n) is 11.7. The van der Waals surface area contributed by atoms with Crippen molar-refractivity contribution in [1.29, 1.82) is 0 Å². The van der Waals surface area contributed by atoms with Gasteiger partial charge >= 0.3 is 5.97 Å². The third-order valence-electron chi connectivity index (χ3n) is 3.09. The predicted octanol–water partition coefficient (Wildman–Crippen LogP) is 1.25. The van der Waals surface area contributed by atoms with Crippen LogP contribution in [0.2, 0.25) is 0 Å². The van der Waals surface area contributed by atoms with Crippen molar-refractivity contribution in [3.63, 3.8) is 0 Å². The number of nitrogens with one attached hydrogen (secondary N) is 1. The molecular formula is C13H25N3O2. The molecule has 0 bridgehead atoms. The monoisotopic (exact) mass is 255 g/mol. The van der Waals surface area contributed by atoms with Crippen molar-refractivity contribution in [3.8, 4) is 0 Å². The van der Waals surface area contributed by atoms with Gasteiger partial charge in [-0.2, -0.15) is 0 Å². The lowest BCUT2D eigenvalue weighted by Gasteiger charge is -2.33. The average Bonchev–Trinajstić information content (AvgIpc) is 2.40. The smallest absolute Gasteiger partial charge is 0.310 e. The molecule has 1 N–H and O–H groups in total. The van der Waals surface area contributed by atoms with Gasteiger partial charge in [-0.3, -0.25) is 9.79 Å². The number of nitrogens with zero attached hydrogens (tertiary/aromatic N) is 2. The average molecular weight is 255 g/mol. The van der Waals surface area contributed by atoms with Crippen molar-refractivity contribution in [1.82, 2.24) is 10.2 Å². The van der Waals surface area contributed by atoms with Gasteiger partial charge in [0, 0.05) is 26.7 Å². The molecule has 18 heavy (non-hydrogen) atoms. The van der Waals surface area contributed by atoms with E-state index in [1.807, 2.05) is 6.92 Å². The lowest BCUT2D eigenvalue weighted by molar-refractivity contribution is -0.149. The van der Waals surface area contributed by atoms with Crippen LogP contribution in [-0.2, 0) is 9.53 Å². The number of carbonyl (C=O) groups excluding carboxylic acids is 1. The van der Waals surface area contributed by atoms with E-state index in [4.69, 9.17) is 4.74 Å². The molecule has 0 aromatic carbocycles. The van der Waals surface area contributed by atoms with Gasteiger partial charge in [-0.05, 0) is 26.2 Å². The maximum atomic E-state index is 11.8. The molecular weight excluding hydrogens is 230 g/mol. The second-order valence-electron chi connectivity index (χ2n) is 4.51. The molecule has 5 heteroatoms. The lowest BCUT2D eigenvalue weighted by atomic mass is 9.98. The largest absolute Gasteiger partial charge is 0.466 e. The molecule has 1 heterocycles. The minimum absolute atomic E-state index is 0.0149. The highest BCUT2D eigenvalue weighted by atomic mass is 16.5. The highest BCUT2D eigenvalue weighted by molar-refractivity contribution is 5.81. The van der Waals surface area contributed by atoms with E-state index in [9.17, 15) is 4.79 Å². The van der Waals surface area contributed by atoms with Crippen LogP contribution in [0.1, 0.15) is 33.1 Å². The molecule has 0 radical (unpaired) electrons. The van der Waals surface area contributed by atoms with Crippen LogP contribution in [0, 0.1) is 5.92 Å². The summed E-state index contributed by atoms with van der Waals surface area (Å²) >= 11 is 0. The van der Waals surface area contributed by atoms with E-state index in [2.05, 4.69) is 22.1 Å². The second kappa shape index (κ2) is 7.95. The summed E-state index contributed by atoms with van der Waals surface area (Å²) in [6.07, 6.45) is 2.99. The quantitative estimate of drug-likeness (QED) is 0.466. The summed E-state index contributed by atoms with van der Waals surface area (Å²) in [4.78, 5) is 18.2. The molecule has 0 amide bonds. The summed E-state index contributed by atoms with van der Waals surface area (Å²) < 4.78 is 5.10. The van der Waals surface area contributed by atoms with Crippen LogP contribution in [0.3, 0.4) is 0 Å². The predicted molar refractivity (Wildman–Crippen MR) is 72.6 cm³/mol. The first-order valence-corrected chi connectivity index (χ1v) is 6.85. The lowest BCUT2D eigenvalue weighted by Crippen LogP contribution is -2.48. The molecule has 1 fully saturated rings. The van der Waals surface area contributed by atoms with Gasteiger partial charge in [0.1, 0.15) is 0 Å². The summed E-state index contributed by atoms with van der Waals surface area (Å²) in [5, 5.41) is 3.30. The third-order valence-corrected chi connectivity index (χ3v) is 3.09. The van der Waals surface area contributed by atoms with Gasteiger partial charge in [-0.1, -0.05) is 6.92 Å². The van der Waals surface area contributed by atoms with Crippen LogP contribution >= 0.6 is 0 Å². The molecule has 5 nitrogen and oxygen atoms in total. The topological polar surface area (TPSA) is 53.9 Å². The van der Waals surface area contributed by atoms with Crippen molar-refractivity contribution in [2.45, 2.75) is 33.1 Å². The van der Waals surface area contributed by atoms with Crippen molar-refractivity contribution in [3.05, 3.63) is 0 Å². The number of hydrogen-bond donors (Lipinski definition) is 1. The number of carbonyl (C=O) groups is 1. The van der Waals surface area contributed by atoms with Gasteiger partial charge in [-0.25, -0.2) is 0 Å². The van der Waals surface area contributed by atoms with Crippen LogP contribution in [-0.4, -0.2) is 50.1 Å². The Morgan fingerprint density at radius 3 is 2.89 bits per heavy atom. The molecule has 1 saturated heterocycles. The number of hydrogen-bond acceptors (Lipinski definition) is 3. The molecule has 104 valence electrons. The fourth-order valence-electron chi connectivity index (χ4n) is 2.19. The number of likely N-dealkylation sites (tertiary alicyclic amines) is 1. The zero-order valence-corrected chi connectivity index (χ0v) is 11.7. The molecule has 0 saturated carbocycles. The van der Waals surface area contributed by atoms with Crippen molar-refractivity contribution < 1.29 is 9.53 Å². The summed E-state index contributed by atoms with van der Waals surface area (Å²) in [6, 6.07) is 0. The van der Waals surface area contributed by atoms with Crippen molar-refractivity contribution >= 4 is 11.9 Å². The molecule has 1 aliphatic heterocycles. The highest BCUT2D eigenvalue weighted by Crippen LogP contribution is 2.17. The third kappa shape index (κ3) is 4.20. The molecule has 0 aliphatic carbocycles. The van der Waals surface area contributed by atoms with E-state index < -0.39 is 0 Å². The Hall–Kier alpha value is -1.26. The van der Waals surface area contributed by atoms with E-state index in [0.29, 0.717) is 13.2 Å². The summed E-state index contributed by atoms with van der Waals surface area (Å²) in [7, 11) is 1.78. The van der Waals surface area contributed by atoms with Crippen molar-refractivity contribution in [2.24, 2.45) is 10.9 Å². The summed E-state index contributed by atoms with van der Waals surface area (Å²) in [5.41, 5.74) is 0. The maximum absolute atomic E-state index is 11.8. The molecule has 0 spiro atoms. The van der Waals surface area contributed by atoms with E-state index in [0.717, 1.165) is 38.3 Å². The summed E-state index contributed by atoms with van der Waals surface area (Å²) in [5.74, 6) is 0.804. The number of esters is 1. The van der Waals surface area contributed by atoms with Gasteiger partial charge in [0.15, 0.2) is 5.96 Å². The molecule has 1 aliphatic rings. The van der Waals surface area contributed by atoms with Crippen LogP contribution in [0.25, 0.3) is 0 Å². The Kier molecular flexibility index (Phi) is 6.54. The first-order chi connectivity index (χ1) is 8.72. The fourth-order valence-corrected chi connectivity index (χ4v) is 2.19. The number of piperidine rings is 1. The number of rotatable bonds is 4. The molecule has 1 rings (SSSR count). The Morgan fingerprint density at radius 1 is 1.50 bits per heavy atom. The van der Waals surface area contributed by atoms with E-state index in [1.165, 1.54) is 0 Å². The molecule has 0 aromatic heterocycles. The van der Waals surface area contributed by atoms with Crippen LogP contribution < -0.4 is 5.32 Å². The second-order valence-corrected chi connectivity index (χ2v) is 4.51. The molecule has 1 atom stereocenters. The SMILES string of the molecule is CCCNC(=NC)N1CCCC(C(=O)OCC)C1. The summed E-state index contributed by atoms with van der Waals surface area (Å²) in [6.45, 7) is 7.00. The van der Waals surface area contributed by atoms with E-state index in [1.54, 1.807) is 7.05 Å². The first-order valence-electron chi connectivity index (χ1n) is 6.85. The van der Waals surface area contributed by atoms with Gasteiger partial charge in [0.2, 0.25) is 0 Å². The standard InChI is InChI=1S/C13H25N3O2/c1-4-8-15-13(14-3)16-9-6-7-11(10-16)12(17)18-5-2/h11H,4-10H2,1-3H3,(H,14,15). The van der Waals surface area contributed by atoms with Gasteiger partial charge in [0.25, 0.3) is 0 Å². The minimum Gasteiger partial charge on any atom is -0.466 e. The van der Waals surface area contributed by atoms with Crippen molar-refractivity contribution in [2.75, 3.05) is 33.3 Å². The highest BCUT2D eigenvalue weighted by Gasteiger charge is 2.28.